The van der Waals surface area contributed by atoms with Gasteiger partial charge in [0.05, 0.1) is 24.0 Å². The third-order valence-electron chi connectivity index (χ3n) is 2.87. The van der Waals surface area contributed by atoms with Crippen LogP contribution in [0.25, 0.3) is 0 Å². The minimum atomic E-state index is -0.431. The van der Waals surface area contributed by atoms with Gasteiger partial charge in [-0.15, -0.1) is 0 Å². The van der Waals surface area contributed by atoms with Gasteiger partial charge in [-0.05, 0) is 25.1 Å². The van der Waals surface area contributed by atoms with Crippen LogP contribution in [0.3, 0.4) is 0 Å². The zero-order valence-electron chi connectivity index (χ0n) is 9.85. The normalized spacial score (nSPS) is 20.3. The number of anilines is 2. The molecule has 1 saturated heterocycles. The average molecular weight is 235 g/mol. The lowest BCUT2D eigenvalue weighted by Crippen LogP contribution is -2.42. The molecule has 1 atom stereocenters. The van der Waals surface area contributed by atoms with Crippen molar-refractivity contribution in [1.82, 2.24) is 0 Å². The highest BCUT2D eigenvalue weighted by molar-refractivity contribution is 5.99. The number of morpholine rings is 1. The van der Waals surface area contributed by atoms with E-state index >= 15 is 0 Å². The third-order valence-corrected chi connectivity index (χ3v) is 2.87. The molecular formula is C12H17N3O2. The molecule has 0 aromatic heterocycles. The molecule has 17 heavy (non-hydrogen) atoms. The van der Waals surface area contributed by atoms with E-state index < -0.39 is 5.91 Å². The SMILES string of the molecule is CC1CN(c2cc(N)ccc2C(N)=O)CCO1. The first-order valence-corrected chi connectivity index (χ1v) is 5.64. The number of nitrogen functional groups attached to an aromatic ring is 1. The van der Waals surface area contributed by atoms with Gasteiger partial charge in [-0.3, -0.25) is 4.79 Å². The largest absolute Gasteiger partial charge is 0.399 e. The Morgan fingerprint density at radius 1 is 1.53 bits per heavy atom. The maximum absolute atomic E-state index is 11.4. The summed E-state index contributed by atoms with van der Waals surface area (Å²) in [5, 5.41) is 0. The Bertz CT molecular complexity index is 434. The summed E-state index contributed by atoms with van der Waals surface area (Å²) in [5.41, 5.74) is 13.1. The number of carbonyl (C=O) groups excluding carboxylic acids is 1. The molecular weight excluding hydrogens is 218 g/mol. The number of carbonyl (C=O) groups is 1. The molecule has 0 spiro atoms. The lowest BCUT2D eigenvalue weighted by atomic mass is 10.1. The van der Waals surface area contributed by atoms with Gasteiger partial charge >= 0.3 is 0 Å². The van der Waals surface area contributed by atoms with Crippen LogP contribution in [-0.4, -0.2) is 31.7 Å². The van der Waals surface area contributed by atoms with Crippen molar-refractivity contribution in [2.45, 2.75) is 13.0 Å². The highest BCUT2D eigenvalue weighted by Gasteiger charge is 2.21. The number of hydrogen-bond acceptors (Lipinski definition) is 4. The number of rotatable bonds is 2. The first kappa shape index (κ1) is 11.7. The van der Waals surface area contributed by atoms with Gasteiger partial charge in [0.2, 0.25) is 0 Å². The van der Waals surface area contributed by atoms with Crippen LogP contribution >= 0.6 is 0 Å². The Labute approximate surface area is 100 Å². The zero-order chi connectivity index (χ0) is 12.4. The second-order valence-electron chi connectivity index (χ2n) is 4.27. The van der Waals surface area contributed by atoms with Gasteiger partial charge in [0.15, 0.2) is 0 Å². The predicted octanol–water partition coefficient (Wildman–Crippen LogP) is 0.593. The zero-order valence-corrected chi connectivity index (χ0v) is 9.85. The van der Waals surface area contributed by atoms with Crippen LogP contribution < -0.4 is 16.4 Å². The molecule has 5 nitrogen and oxygen atoms in total. The van der Waals surface area contributed by atoms with Crippen molar-refractivity contribution in [2.24, 2.45) is 5.73 Å². The van der Waals surface area contributed by atoms with E-state index in [1.807, 2.05) is 6.92 Å². The highest BCUT2D eigenvalue weighted by atomic mass is 16.5. The Balaban J connectivity index is 2.35. The molecule has 1 aliphatic rings. The molecule has 1 fully saturated rings. The molecule has 1 heterocycles. The fourth-order valence-electron chi connectivity index (χ4n) is 2.06. The molecule has 0 aliphatic carbocycles. The molecule has 1 amide bonds. The second kappa shape index (κ2) is 4.63. The van der Waals surface area contributed by atoms with E-state index in [0.29, 0.717) is 17.9 Å². The van der Waals surface area contributed by atoms with E-state index in [2.05, 4.69) is 4.90 Å². The average Bonchev–Trinajstić information content (AvgIpc) is 2.28. The minimum Gasteiger partial charge on any atom is -0.399 e. The molecule has 92 valence electrons. The molecule has 0 bridgehead atoms. The van der Waals surface area contributed by atoms with Crippen LogP contribution in [-0.2, 0) is 4.74 Å². The van der Waals surface area contributed by atoms with E-state index in [4.69, 9.17) is 16.2 Å². The van der Waals surface area contributed by atoms with Crippen molar-refractivity contribution in [3.8, 4) is 0 Å². The van der Waals surface area contributed by atoms with Crippen molar-refractivity contribution in [1.29, 1.82) is 0 Å². The van der Waals surface area contributed by atoms with E-state index in [-0.39, 0.29) is 6.10 Å². The Morgan fingerprint density at radius 2 is 2.29 bits per heavy atom. The lowest BCUT2D eigenvalue weighted by molar-refractivity contribution is 0.0531. The first-order chi connectivity index (χ1) is 8.08. The minimum absolute atomic E-state index is 0.144. The molecule has 5 heteroatoms. The van der Waals surface area contributed by atoms with Crippen LogP contribution in [0.2, 0.25) is 0 Å². The first-order valence-electron chi connectivity index (χ1n) is 5.64. The number of ether oxygens (including phenoxy) is 1. The van der Waals surface area contributed by atoms with E-state index in [1.54, 1.807) is 18.2 Å². The van der Waals surface area contributed by atoms with Gasteiger partial charge in [0, 0.05) is 18.8 Å². The van der Waals surface area contributed by atoms with E-state index in [9.17, 15) is 4.79 Å². The van der Waals surface area contributed by atoms with Crippen LogP contribution in [0.4, 0.5) is 11.4 Å². The van der Waals surface area contributed by atoms with E-state index in [1.165, 1.54) is 0 Å². The summed E-state index contributed by atoms with van der Waals surface area (Å²) in [7, 11) is 0. The second-order valence-corrected chi connectivity index (χ2v) is 4.27. The fourth-order valence-corrected chi connectivity index (χ4v) is 2.06. The van der Waals surface area contributed by atoms with Crippen molar-refractivity contribution >= 4 is 17.3 Å². The Kier molecular flexibility index (Phi) is 3.19. The number of benzene rings is 1. The summed E-state index contributed by atoms with van der Waals surface area (Å²) >= 11 is 0. The van der Waals surface area contributed by atoms with Gasteiger partial charge in [0.25, 0.3) is 5.91 Å². The molecule has 0 radical (unpaired) electrons. The van der Waals surface area contributed by atoms with Gasteiger partial charge < -0.3 is 21.1 Å². The molecule has 0 saturated carbocycles. The van der Waals surface area contributed by atoms with Crippen LogP contribution in [0.15, 0.2) is 18.2 Å². The number of primary amides is 1. The van der Waals surface area contributed by atoms with Gasteiger partial charge in [0.1, 0.15) is 0 Å². The lowest BCUT2D eigenvalue weighted by Gasteiger charge is -2.34. The summed E-state index contributed by atoms with van der Waals surface area (Å²) in [6.45, 7) is 4.13. The summed E-state index contributed by atoms with van der Waals surface area (Å²) in [6, 6.07) is 5.15. The van der Waals surface area contributed by atoms with Crippen molar-refractivity contribution < 1.29 is 9.53 Å². The van der Waals surface area contributed by atoms with Gasteiger partial charge in [-0.1, -0.05) is 0 Å². The number of amides is 1. The maximum atomic E-state index is 11.4. The topological polar surface area (TPSA) is 81.6 Å². The molecule has 2 rings (SSSR count). The van der Waals surface area contributed by atoms with Crippen LogP contribution in [0.5, 0.6) is 0 Å². The monoisotopic (exact) mass is 235 g/mol. The van der Waals surface area contributed by atoms with Crippen molar-refractivity contribution in [2.75, 3.05) is 30.3 Å². The summed E-state index contributed by atoms with van der Waals surface area (Å²) in [5.74, 6) is -0.431. The standard InChI is InChI=1S/C12H17N3O2/c1-8-7-15(4-5-17-8)11-6-9(13)2-3-10(11)12(14)16/h2-3,6,8H,4-5,7,13H2,1H3,(H2,14,16). The Morgan fingerprint density at radius 3 is 2.94 bits per heavy atom. The molecule has 1 unspecified atom stereocenters. The van der Waals surface area contributed by atoms with Crippen molar-refractivity contribution in [3.05, 3.63) is 23.8 Å². The van der Waals surface area contributed by atoms with Gasteiger partial charge in [-0.25, -0.2) is 0 Å². The summed E-state index contributed by atoms with van der Waals surface area (Å²) in [6.07, 6.45) is 0.144. The summed E-state index contributed by atoms with van der Waals surface area (Å²) in [4.78, 5) is 13.5. The molecule has 1 aliphatic heterocycles. The number of nitrogens with zero attached hydrogens (tertiary/aromatic N) is 1. The van der Waals surface area contributed by atoms with Gasteiger partial charge in [-0.2, -0.15) is 0 Å². The molecule has 1 aromatic carbocycles. The molecule has 4 N–H and O–H groups in total. The fraction of sp³-hybridized carbons (Fsp3) is 0.417. The molecule has 1 aromatic rings. The quantitative estimate of drug-likeness (QED) is 0.735. The highest BCUT2D eigenvalue weighted by Crippen LogP contribution is 2.25. The predicted molar refractivity (Wildman–Crippen MR) is 67.0 cm³/mol. The van der Waals surface area contributed by atoms with Crippen LogP contribution in [0.1, 0.15) is 17.3 Å². The number of hydrogen-bond donors (Lipinski definition) is 2. The van der Waals surface area contributed by atoms with Crippen molar-refractivity contribution in [3.63, 3.8) is 0 Å². The smallest absolute Gasteiger partial charge is 0.250 e. The third kappa shape index (κ3) is 2.50. The Hall–Kier alpha value is -1.75. The van der Waals surface area contributed by atoms with E-state index in [0.717, 1.165) is 18.8 Å². The summed E-state index contributed by atoms with van der Waals surface area (Å²) < 4.78 is 5.47. The maximum Gasteiger partial charge on any atom is 0.250 e. The van der Waals surface area contributed by atoms with Crippen LogP contribution in [0, 0.1) is 0 Å². The number of nitrogens with two attached hydrogens (primary N) is 2.